The summed E-state index contributed by atoms with van der Waals surface area (Å²) in [6, 6.07) is 2.91. The molecule has 0 aromatic carbocycles. The number of carbonyl (C=O) groups excluding carboxylic acids is 1. The molecule has 0 aliphatic carbocycles. The molecule has 0 bridgehead atoms. The van der Waals surface area contributed by atoms with Crippen molar-refractivity contribution in [1.82, 2.24) is 19.4 Å². The maximum atomic E-state index is 12.8. The average Bonchev–Trinajstić information content (AvgIpc) is 3.06. The molecule has 0 saturated carbocycles. The average molecular weight is 313 g/mol. The van der Waals surface area contributed by atoms with E-state index in [1.54, 1.807) is 38.8 Å². The molecule has 1 saturated heterocycles. The highest BCUT2D eigenvalue weighted by atomic mass is 16.2. The van der Waals surface area contributed by atoms with Gasteiger partial charge in [0.05, 0.1) is 29.7 Å². The third-order valence-corrected chi connectivity index (χ3v) is 4.10. The molecule has 0 spiro atoms. The van der Waals surface area contributed by atoms with Crippen LogP contribution in [0.2, 0.25) is 0 Å². The maximum Gasteiger partial charge on any atom is 0.255 e. The molecule has 23 heavy (non-hydrogen) atoms. The Morgan fingerprint density at radius 1 is 1.35 bits per heavy atom. The van der Waals surface area contributed by atoms with Crippen LogP contribution in [0.15, 0.2) is 35.5 Å². The zero-order valence-corrected chi connectivity index (χ0v) is 13.2. The van der Waals surface area contributed by atoms with Crippen molar-refractivity contribution in [2.45, 2.75) is 18.9 Å². The minimum atomic E-state index is -0.132. The number of pyridine rings is 1. The number of aryl methyl sites for hydroxylation is 1. The van der Waals surface area contributed by atoms with Gasteiger partial charge in [0, 0.05) is 32.9 Å². The fourth-order valence-electron chi connectivity index (χ4n) is 2.87. The highest BCUT2D eigenvalue weighted by molar-refractivity contribution is 5.94. The summed E-state index contributed by atoms with van der Waals surface area (Å²) in [5.74, 6) is 0.601. The third kappa shape index (κ3) is 2.94. The molecule has 2 aromatic rings. The van der Waals surface area contributed by atoms with E-state index in [9.17, 15) is 9.59 Å². The Morgan fingerprint density at radius 2 is 2.17 bits per heavy atom. The Bertz CT molecular complexity index is 786. The number of hydrogen-bond donors (Lipinski definition) is 1. The van der Waals surface area contributed by atoms with E-state index in [0.717, 1.165) is 18.5 Å². The molecular formula is C16H19N5O2. The van der Waals surface area contributed by atoms with Gasteiger partial charge < -0.3 is 14.8 Å². The van der Waals surface area contributed by atoms with Crippen molar-refractivity contribution in [1.29, 1.82) is 0 Å². The largest absolute Gasteiger partial charge is 0.372 e. The predicted molar refractivity (Wildman–Crippen MR) is 86.3 cm³/mol. The number of rotatable bonds is 3. The van der Waals surface area contributed by atoms with E-state index < -0.39 is 0 Å². The van der Waals surface area contributed by atoms with Gasteiger partial charge in [-0.05, 0) is 18.9 Å². The van der Waals surface area contributed by atoms with Crippen molar-refractivity contribution in [3.05, 3.63) is 52.3 Å². The van der Waals surface area contributed by atoms with Gasteiger partial charge in [0.15, 0.2) is 0 Å². The molecule has 1 aliphatic rings. The van der Waals surface area contributed by atoms with Crippen molar-refractivity contribution in [3.63, 3.8) is 0 Å². The standard InChI is InChI=1S/C16H19N5O2/c1-17-14-9-18-8-12(19-14)13-4-3-7-21(13)16(23)11-5-6-15(22)20(2)10-11/h5-6,8-10,13H,3-4,7H2,1-2H3,(H,17,19)/t13-/m0/s1. The lowest BCUT2D eigenvalue weighted by Crippen LogP contribution is -2.32. The van der Waals surface area contributed by atoms with Crippen molar-refractivity contribution in [2.24, 2.45) is 7.05 Å². The normalized spacial score (nSPS) is 17.3. The number of nitrogens with one attached hydrogen (secondary N) is 1. The zero-order chi connectivity index (χ0) is 16.4. The van der Waals surface area contributed by atoms with Crippen LogP contribution in [0.3, 0.4) is 0 Å². The first-order valence-corrected chi connectivity index (χ1v) is 7.57. The molecule has 1 aliphatic heterocycles. The maximum absolute atomic E-state index is 12.8. The first-order valence-electron chi connectivity index (χ1n) is 7.57. The molecule has 1 atom stereocenters. The molecule has 2 aromatic heterocycles. The minimum absolute atomic E-state index is 0.0828. The summed E-state index contributed by atoms with van der Waals surface area (Å²) in [7, 11) is 3.43. The summed E-state index contributed by atoms with van der Waals surface area (Å²) in [5, 5.41) is 2.97. The summed E-state index contributed by atoms with van der Waals surface area (Å²) < 4.78 is 1.42. The number of hydrogen-bond acceptors (Lipinski definition) is 5. The Balaban J connectivity index is 1.89. The summed E-state index contributed by atoms with van der Waals surface area (Å²) >= 11 is 0. The molecule has 0 unspecified atom stereocenters. The summed E-state index contributed by atoms with van der Waals surface area (Å²) in [6.45, 7) is 0.678. The van der Waals surface area contributed by atoms with Crippen LogP contribution < -0.4 is 10.9 Å². The van der Waals surface area contributed by atoms with E-state index in [0.29, 0.717) is 17.9 Å². The lowest BCUT2D eigenvalue weighted by atomic mass is 10.1. The van der Waals surface area contributed by atoms with Gasteiger partial charge in [-0.25, -0.2) is 4.98 Å². The lowest BCUT2D eigenvalue weighted by Gasteiger charge is -2.24. The van der Waals surface area contributed by atoms with Crippen molar-refractivity contribution in [3.8, 4) is 0 Å². The second kappa shape index (κ2) is 6.20. The highest BCUT2D eigenvalue weighted by Crippen LogP contribution is 2.32. The van der Waals surface area contributed by atoms with E-state index in [1.807, 2.05) is 4.90 Å². The van der Waals surface area contributed by atoms with Crippen LogP contribution in [-0.4, -0.2) is 38.9 Å². The van der Waals surface area contributed by atoms with Gasteiger partial charge in [-0.15, -0.1) is 0 Å². The molecule has 1 fully saturated rings. The van der Waals surface area contributed by atoms with Crippen molar-refractivity contribution < 1.29 is 4.79 Å². The number of anilines is 1. The topological polar surface area (TPSA) is 80.1 Å². The third-order valence-electron chi connectivity index (χ3n) is 4.10. The van der Waals surface area contributed by atoms with Gasteiger partial charge in [-0.1, -0.05) is 0 Å². The van der Waals surface area contributed by atoms with Crippen LogP contribution >= 0.6 is 0 Å². The molecule has 0 radical (unpaired) electrons. The van der Waals surface area contributed by atoms with Crippen LogP contribution in [-0.2, 0) is 7.05 Å². The smallest absolute Gasteiger partial charge is 0.255 e. The van der Waals surface area contributed by atoms with E-state index in [-0.39, 0.29) is 17.5 Å². The van der Waals surface area contributed by atoms with Gasteiger partial charge in [0.2, 0.25) is 5.56 Å². The van der Waals surface area contributed by atoms with Crippen LogP contribution in [0.25, 0.3) is 0 Å². The first kappa shape index (κ1) is 15.2. The van der Waals surface area contributed by atoms with E-state index in [1.165, 1.54) is 10.6 Å². The SMILES string of the molecule is CNc1cncc([C@@H]2CCCN2C(=O)c2ccc(=O)n(C)c2)n1. The van der Waals surface area contributed by atoms with Gasteiger partial charge in [0.25, 0.3) is 5.91 Å². The quantitative estimate of drug-likeness (QED) is 0.921. The second-order valence-electron chi connectivity index (χ2n) is 5.60. The van der Waals surface area contributed by atoms with Crippen LogP contribution in [0.4, 0.5) is 5.82 Å². The molecule has 120 valence electrons. The summed E-state index contributed by atoms with van der Waals surface area (Å²) in [6.07, 6.45) is 6.72. The molecule has 3 rings (SSSR count). The Hall–Kier alpha value is -2.70. The summed E-state index contributed by atoms with van der Waals surface area (Å²) in [4.78, 5) is 34.8. The van der Waals surface area contributed by atoms with Crippen molar-refractivity contribution in [2.75, 3.05) is 18.9 Å². The molecule has 1 N–H and O–H groups in total. The van der Waals surface area contributed by atoms with Crippen LogP contribution in [0, 0.1) is 0 Å². The molecular weight excluding hydrogens is 294 g/mol. The van der Waals surface area contributed by atoms with Crippen molar-refractivity contribution >= 4 is 11.7 Å². The Labute approximate surface area is 134 Å². The molecule has 1 amide bonds. The van der Waals surface area contributed by atoms with E-state index in [2.05, 4.69) is 15.3 Å². The highest BCUT2D eigenvalue weighted by Gasteiger charge is 2.32. The second-order valence-corrected chi connectivity index (χ2v) is 5.60. The predicted octanol–water partition coefficient (Wildman–Crippen LogP) is 1.19. The monoisotopic (exact) mass is 313 g/mol. The number of likely N-dealkylation sites (tertiary alicyclic amines) is 1. The van der Waals surface area contributed by atoms with E-state index in [4.69, 9.17) is 0 Å². The number of aromatic nitrogens is 3. The molecule has 7 nitrogen and oxygen atoms in total. The summed E-state index contributed by atoms with van der Waals surface area (Å²) in [5.41, 5.74) is 1.16. The fraction of sp³-hybridized carbons (Fsp3) is 0.375. The van der Waals surface area contributed by atoms with Gasteiger partial charge in [-0.2, -0.15) is 0 Å². The zero-order valence-electron chi connectivity index (χ0n) is 13.2. The van der Waals surface area contributed by atoms with Gasteiger partial charge in [0.1, 0.15) is 5.82 Å². The van der Waals surface area contributed by atoms with E-state index >= 15 is 0 Å². The lowest BCUT2D eigenvalue weighted by molar-refractivity contribution is 0.0732. The van der Waals surface area contributed by atoms with Crippen LogP contribution in [0.5, 0.6) is 0 Å². The van der Waals surface area contributed by atoms with Crippen LogP contribution in [0.1, 0.15) is 34.9 Å². The van der Waals surface area contributed by atoms with Gasteiger partial charge >= 0.3 is 0 Å². The molecule has 3 heterocycles. The molecule has 7 heteroatoms. The number of amides is 1. The first-order chi connectivity index (χ1) is 11.1. The number of nitrogens with zero attached hydrogens (tertiary/aromatic N) is 4. The Morgan fingerprint density at radius 3 is 2.91 bits per heavy atom. The Kier molecular flexibility index (Phi) is 4.10. The minimum Gasteiger partial charge on any atom is -0.372 e. The van der Waals surface area contributed by atoms with Gasteiger partial charge in [-0.3, -0.25) is 14.6 Å². The number of carbonyl (C=O) groups is 1. The fourth-order valence-corrected chi connectivity index (χ4v) is 2.87.